The van der Waals surface area contributed by atoms with E-state index >= 15 is 0 Å². The second kappa shape index (κ2) is 6.14. The molecule has 0 fully saturated rings. The number of nitrogens with zero attached hydrogens (tertiary/aromatic N) is 3. The Morgan fingerprint density at radius 2 is 1.64 bits per heavy atom. The predicted molar refractivity (Wildman–Crippen MR) is 105 cm³/mol. The second-order valence-electron chi connectivity index (χ2n) is 5.64. The van der Waals surface area contributed by atoms with Crippen molar-refractivity contribution < 1.29 is 0 Å². The highest BCUT2D eigenvalue weighted by Crippen LogP contribution is 2.34. The van der Waals surface area contributed by atoms with Crippen LogP contribution in [0.3, 0.4) is 0 Å². The van der Waals surface area contributed by atoms with Crippen LogP contribution in [0.1, 0.15) is 0 Å². The van der Waals surface area contributed by atoms with Gasteiger partial charge in [0, 0.05) is 15.7 Å². The second-order valence-corrected chi connectivity index (χ2v) is 6.56. The quantitative estimate of drug-likeness (QED) is 0.497. The number of hydrogen-bond donors (Lipinski definition) is 2. The molecule has 0 radical (unpaired) electrons. The van der Waals surface area contributed by atoms with Crippen molar-refractivity contribution in [3.05, 3.63) is 65.4 Å². The van der Waals surface area contributed by atoms with Crippen molar-refractivity contribution in [1.82, 2.24) is 15.0 Å². The van der Waals surface area contributed by atoms with Crippen molar-refractivity contribution >= 4 is 38.5 Å². The molecule has 0 aliphatic carbocycles. The third-order valence-electron chi connectivity index (χ3n) is 3.98. The molecule has 6 heteroatoms. The largest absolute Gasteiger partial charge is 0.399 e. The lowest BCUT2D eigenvalue weighted by Crippen LogP contribution is -1.98. The van der Waals surface area contributed by atoms with E-state index in [-0.39, 0.29) is 0 Å². The summed E-state index contributed by atoms with van der Waals surface area (Å²) in [5, 5.41) is 0.750. The molecule has 2 aromatic carbocycles. The van der Waals surface area contributed by atoms with E-state index in [1.807, 2.05) is 54.6 Å². The average Bonchev–Trinajstić information content (AvgIpc) is 2.61. The van der Waals surface area contributed by atoms with Gasteiger partial charge >= 0.3 is 0 Å². The van der Waals surface area contributed by atoms with Crippen LogP contribution in [0, 0.1) is 0 Å². The van der Waals surface area contributed by atoms with Gasteiger partial charge in [0.25, 0.3) is 0 Å². The molecule has 2 aromatic heterocycles. The lowest BCUT2D eigenvalue weighted by atomic mass is 10.00. The van der Waals surface area contributed by atoms with Crippen molar-refractivity contribution in [2.24, 2.45) is 0 Å². The lowest BCUT2D eigenvalue weighted by Gasteiger charge is -2.11. The molecule has 4 N–H and O–H groups in total. The van der Waals surface area contributed by atoms with Crippen LogP contribution in [0.4, 0.5) is 11.5 Å². The van der Waals surface area contributed by atoms with Gasteiger partial charge in [0.1, 0.15) is 12.1 Å². The first-order valence-electron chi connectivity index (χ1n) is 7.65. The number of anilines is 2. The summed E-state index contributed by atoms with van der Waals surface area (Å²) in [5.74, 6) is 0.413. The van der Waals surface area contributed by atoms with E-state index in [1.54, 1.807) is 0 Å². The summed E-state index contributed by atoms with van der Waals surface area (Å²) in [6.45, 7) is 0. The molecule has 0 amide bonds. The average molecular weight is 392 g/mol. The molecule has 25 heavy (non-hydrogen) atoms. The summed E-state index contributed by atoms with van der Waals surface area (Å²) in [5.41, 5.74) is 16.9. The zero-order chi connectivity index (χ0) is 17.4. The Morgan fingerprint density at radius 3 is 2.40 bits per heavy atom. The fraction of sp³-hybridized carbons (Fsp3) is 0. The number of nitrogen functional groups attached to an aromatic ring is 2. The van der Waals surface area contributed by atoms with Crippen LogP contribution in [0.5, 0.6) is 0 Å². The Balaban J connectivity index is 2.03. The lowest BCUT2D eigenvalue weighted by molar-refractivity contribution is 1.19. The van der Waals surface area contributed by atoms with E-state index in [0.717, 1.165) is 32.2 Å². The van der Waals surface area contributed by atoms with Crippen molar-refractivity contribution in [3.63, 3.8) is 0 Å². The van der Waals surface area contributed by atoms with Gasteiger partial charge in [0.2, 0.25) is 0 Å². The standard InChI is InChI=1S/C19H14BrN5/c20-13-3-1-2-12(8-13)15-9-16(11-4-6-14(21)7-5-11)25-19-17(15)18(22)23-10-24-19/h1-10H,21H2,(H2,22,23,24,25). The monoisotopic (exact) mass is 391 g/mol. The van der Waals surface area contributed by atoms with E-state index in [1.165, 1.54) is 6.33 Å². The van der Waals surface area contributed by atoms with Crippen molar-refractivity contribution in [2.45, 2.75) is 0 Å². The molecule has 0 saturated heterocycles. The molecule has 0 saturated carbocycles. The minimum absolute atomic E-state index is 0.413. The van der Waals surface area contributed by atoms with Crippen molar-refractivity contribution in [3.8, 4) is 22.4 Å². The van der Waals surface area contributed by atoms with Gasteiger partial charge in [-0.3, -0.25) is 0 Å². The zero-order valence-electron chi connectivity index (χ0n) is 13.1. The summed E-state index contributed by atoms with van der Waals surface area (Å²) in [7, 11) is 0. The molecule has 0 unspecified atom stereocenters. The van der Waals surface area contributed by atoms with Crippen LogP contribution in [0.2, 0.25) is 0 Å². The number of fused-ring (bicyclic) bond motifs is 1. The van der Waals surface area contributed by atoms with Crippen LogP contribution < -0.4 is 11.5 Å². The highest BCUT2D eigenvalue weighted by atomic mass is 79.9. The first kappa shape index (κ1) is 15.5. The Labute approximate surface area is 152 Å². The third kappa shape index (κ3) is 2.92. The fourth-order valence-corrected chi connectivity index (χ4v) is 3.17. The van der Waals surface area contributed by atoms with Gasteiger partial charge in [-0.2, -0.15) is 0 Å². The molecule has 0 atom stereocenters. The van der Waals surface area contributed by atoms with E-state index in [0.29, 0.717) is 17.2 Å². The SMILES string of the molecule is Nc1ccc(-c2cc(-c3cccc(Br)c3)c3c(N)ncnc3n2)cc1. The number of halogens is 1. The first-order valence-corrected chi connectivity index (χ1v) is 8.44. The predicted octanol–water partition coefficient (Wildman–Crippen LogP) is 4.29. The number of pyridine rings is 1. The van der Waals surface area contributed by atoms with Gasteiger partial charge in [-0.1, -0.05) is 40.2 Å². The van der Waals surface area contributed by atoms with Crippen LogP contribution in [0.25, 0.3) is 33.4 Å². The summed E-state index contributed by atoms with van der Waals surface area (Å²) < 4.78 is 0.986. The molecule has 5 nitrogen and oxygen atoms in total. The highest BCUT2D eigenvalue weighted by Gasteiger charge is 2.13. The molecule has 4 rings (SSSR count). The molecule has 2 heterocycles. The summed E-state index contributed by atoms with van der Waals surface area (Å²) in [4.78, 5) is 13.1. The van der Waals surface area contributed by atoms with Crippen LogP contribution in [-0.2, 0) is 0 Å². The molecular weight excluding hydrogens is 378 g/mol. The van der Waals surface area contributed by atoms with E-state index < -0.39 is 0 Å². The normalized spacial score (nSPS) is 10.9. The smallest absolute Gasteiger partial charge is 0.165 e. The van der Waals surface area contributed by atoms with Gasteiger partial charge < -0.3 is 11.5 Å². The molecule has 0 spiro atoms. The molecule has 0 aliphatic heterocycles. The molecule has 122 valence electrons. The number of hydrogen-bond acceptors (Lipinski definition) is 5. The topological polar surface area (TPSA) is 90.7 Å². The Kier molecular flexibility index (Phi) is 3.82. The Morgan fingerprint density at radius 1 is 0.840 bits per heavy atom. The number of aromatic nitrogens is 3. The van der Waals surface area contributed by atoms with Gasteiger partial charge in [-0.05, 0) is 41.5 Å². The number of nitrogens with two attached hydrogens (primary N) is 2. The van der Waals surface area contributed by atoms with E-state index in [9.17, 15) is 0 Å². The molecule has 0 bridgehead atoms. The van der Waals surface area contributed by atoms with Gasteiger partial charge in [0.05, 0.1) is 11.1 Å². The number of benzene rings is 2. The minimum atomic E-state index is 0.413. The van der Waals surface area contributed by atoms with Crippen molar-refractivity contribution in [2.75, 3.05) is 11.5 Å². The van der Waals surface area contributed by atoms with E-state index in [2.05, 4.69) is 30.9 Å². The minimum Gasteiger partial charge on any atom is -0.399 e. The van der Waals surface area contributed by atoms with E-state index in [4.69, 9.17) is 11.5 Å². The third-order valence-corrected chi connectivity index (χ3v) is 4.47. The maximum atomic E-state index is 6.12. The zero-order valence-corrected chi connectivity index (χ0v) is 14.7. The van der Waals surface area contributed by atoms with Crippen LogP contribution >= 0.6 is 15.9 Å². The summed E-state index contributed by atoms with van der Waals surface area (Å²) in [6, 6.07) is 17.6. The first-order chi connectivity index (χ1) is 12.1. The summed E-state index contributed by atoms with van der Waals surface area (Å²) >= 11 is 3.52. The Hall–Kier alpha value is -2.99. The molecular formula is C19H14BrN5. The Bertz CT molecular complexity index is 1080. The number of rotatable bonds is 2. The molecule has 4 aromatic rings. The van der Waals surface area contributed by atoms with Gasteiger partial charge in [-0.15, -0.1) is 0 Å². The summed E-state index contributed by atoms with van der Waals surface area (Å²) in [6.07, 6.45) is 1.43. The maximum absolute atomic E-state index is 6.12. The van der Waals surface area contributed by atoms with Gasteiger partial charge in [0.15, 0.2) is 5.65 Å². The van der Waals surface area contributed by atoms with Crippen molar-refractivity contribution in [1.29, 1.82) is 0 Å². The fourth-order valence-electron chi connectivity index (χ4n) is 2.77. The van der Waals surface area contributed by atoms with Crippen LogP contribution in [-0.4, -0.2) is 15.0 Å². The molecule has 0 aliphatic rings. The highest BCUT2D eigenvalue weighted by molar-refractivity contribution is 9.10. The van der Waals surface area contributed by atoms with Crippen LogP contribution in [0.15, 0.2) is 65.4 Å². The van der Waals surface area contributed by atoms with Gasteiger partial charge in [-0.25, -0.2) is 15.0 Å². The maximum Gasteiger partial charge on any atom is 0.165 e.